The second-order valence-corrected chi connectivity index (χ2v) is 6.09. The predicted octanol–water partition coefficient (Wildman–Crippen LogP) is 0.934. The minimum absolute atomic E-state index is 0.0951. The maximum atomic E-state index is 12.1. The number of fused-ring (bicyclic) bond motifs is 1. The van der Waals surface area contributed by atoms with E-state index in [0.717, 1.165) is 36.8 Å². The third-order valence-corrected chi connectivity index (χ3v) is 4.41. The Labute approximate surface area is 121 Å². The number of ether oxygens (including phenoxy) is 1. The molecule has 1 saturated heterocycles. The molecule has 3 heterocycles. The van der Waals surface area contributed by atoms with Gasteiger partial charge >= 0.3 is 0 Å². The van der Waals surface area contributed by atoms with E-state index in [4.69, 9.17) is 4.74 Å². The second-order valence-electron chi connectivity index (χ2n) is 5.05. The maximum absolute atomic E-state index is 12.1. The van der Waals surface area contributed by atoms with Crippen LogP contribution in [-0.4, -0.2) is 45.3 Å². The van der Waals surface area contributed by atoms with Crippen LogP contribution in [0.2, 0.25) is 0 Å². The second kappa shape index (κ2) is 5.59. The third kappa shape index (κ3) is 2.74. The quantitative estimate of drug-likeness (QED) is 0.843. The minimum Gasteiger partial charge on any atom is -0.376 e. The number of rotatable bonds is 3. The van der Waals surface area contributed by atoms with Crippen LogP contribution in [0.15, 0.2) is 10.9 Å². The van der Waals surface area contributed by atoms with E-state index in [1.165, 1.54) is 15.9 Å². The van der Waals surface area contributed by atoms with Crippen LogP contribution < -0.4 is 5.56 Å². The summed E-state index contributed by atoms with van der Waals surface area (Å²) < 4.78 is 6.92. The van der Waals surface area contributed by atoms with E-state index in [0.29, 0.717) is 11.5 Å². The molecule has 1 unspecified atom stereocenters. The van der Waals surface area contributed by atoms with Gasteiger partial charge in [0.15, 0.2) is 0 Å². The van der Waals surface area contributed by atoms with Gasteiger partial charge in [-0.15, -0.1) is 0 Å². The zero-order valence-corrected chi connectivity index (χ0v) is 12.5. The summed E-state index contributed by atoms with van der Waals surface area (Å²) in [5.74, 6) is 0. The van der Waals surface area contributed by atoms with Crippen molar-refractivity contribution in [2.75, 3.05) is 19.7 Å². The number of nitrogens with zero attached hydrogens (tertiary/aromatic N) is 4. The molecule has 20 heavy (non-hydrogen) atoms. The minimum atomic E-state index is -0.0951. The first-order valence-electron chi connectivity index (χ1n) is 6.88. The molecule has 1 aliphatic heterocycles. The Kier molecular flexibility index (Phi) is 3.82. The highest BCUT2D eigenvalue weighted by atomic mass is 32.1. The van der Waals surface area contributed by atoms with Gasteiger partial charge in [0.2, 0.25) is 4.96 Å². The standard InChI is InChI=1S/C13H18N4O2S/c1-3-11-15-17-12(18)6-10(14-13(17)20-11)8-16-4-5-19-9(2)7-16/h6,9H,3-5,7-8H2,1-2H3. The lowest BCUT2D eigenvalue weighted by Crippen LogP contribution is -2.40. The van der Waals surface area contributed by atoms with Crippen LogP contribution >= 0.6 is 11.3 Å². The van der Waals surface area contributed by atoms with Crippen LogP contribution in [0.3, 0.4) is 0 Å². The summed E-state index contributed by atoms with van der Waals surface area (Å²) in [5, 5.41) is 5.19. The Balaban J connectivity index is 1.86. The Morgan fingerprint density at radius 1 is 1.55 bits per heavy atom. The smallest absolute Gasteiger partial charge is 0.275 e. The number of morpholine rings is 1. The van der Waals surface area contributed by atoms with Crippen LogP contribution in [0.25, 0.3) is 4.96 Å². The molecule has 1 atom stereocenters. The first-order valence-corrected chi connectivity index (χ1v) is 7.70. The van der Waals surface area contributed by atoms with Gasteiger partial charge in [0.05, 0.1) is 18.4 Å². The summed E-state index contributed by atoms with van der Waals surface area (Å²) in [6.45, 7) is 7.28. The fraction of sp³-hybridized carbons (Fsp3) is 0.615. The van der Waals surface area contributed by atoms with E-state index in [9.17, 15) is 4.79 Å². The lowest BCUT2D eigenvalue weighted by Gasteiger charge is -2.30. The highest BCUT2D eigenvalue weighted by molar-refractivity contribution is 7.16. The Hall–Kier alpha value is -1.31. The van der Waals surface area contributed by atoms with Crippen molar-refractivity contribution in [3.63, 3.8) is 0 Å². The number of aryl methyl sites for hydroxylation is 1. The first-order chi connectivity index (χ1) is 9.65. The average molecular weight is 294 g/mol. The van der Waals surface area contributed by atoms with Crippen molar-refractivity contribution in [1.29, 1.82) is 0 Å². The summed E-state index contributed by atoms with van der Waals surface area (Å²) in [6.07, 6.45) is 1.06. The first kappa shape index (κ1) is 13.7. The molecule has 1 fully saturated rings. The molecule has 0 saturated carbocycles. The highest BCUT2D eigenvalue weighted by Gasteiger charge is 2.18. The molecule has 0 radical (unpaired) electrons. The van der Waals surface area contributed by atoms with Gasteiger partial charge in [-0.25, -0.2) is 4.98 Å². The molecule has 0 spiro atoms. The number of hydrogen-bond acceptors (Lipinski definition) is 6. The molecule has 3 rings (SSSR count). The molecule has 0 aliphatic carbocycles. The van der Waals surface area contributed by atoms with E-state index in [1.54, 1.807) is 6.07 Å². The molecular formula is C13H18N4O2S. The molecular weight excluding hydrogens is 276 g/mol. The normalized spacial score (nSPS) is 20.6. The molecule has 6 nitrogen and oxygen atoms in total. The Morgan fingerprint density at radius 3 is 3.15 bits per heavy atom. The topological polar surface area (TPSA) is 59.7 Å². The van der Waals surface area contributed by atoms with E-state index < -0.39 is 0 Å². The fourth-order valence-electron chi connectivity index (χ4n) is 2.38. The number of hydrogen-bond donors (Lipinski definition) is 0. The largest absolute Gasteiger partial charge is 0.376 e. The van der Waals surface area contributed by atoms with Crippen molar-refractivity contribution >= 4 is 16.3 Å². The van der Waals surface area contributed by atoms with Crippen LogP contribution in [0.4, 0.5) is 0 Å². The van der Waals surface area contributed by atoms with Crippen LogP contribution in [0, 0.1) is 0 Å². The van der Waals surface area contributed by atoms with Gasteiger partial charge in [-0.2, -0.15) is 9.61 Å². The van der Waals surface area contributed by atoms with Crippen LogP contribution in [0.1, 0.15) is 24.5 Å². The summed E-state index contributed by atoms with van der Waals surface area (Å²) in [5.41, 5.74) is 0.720. The average Bonchev–Trinajstić information content (AvgIpc) is 2.82. The summed E-state index contributed by atoms with van der Waals surface area (Å²) in [6, 6.07) is 1.59. The molecule has 0 amide bonds. The highest BCUT2D eigenvalue weighted by Crippen LogP contribution is 2.13. The van der Waals surface area contributed by atoms with Crippen molar-refractivity contribution in [1.82, 2.24) is 19.5 Å². The number of aromatic nitrogens is 3. The molecule has 0 aromatic carbocycles. The van der Waals surface area contributed by atoms with E-state index in [2.05, 4.69) is 21.9 Å². The maximum Gasteiger partial charge on any atom is 0.275 e. The lowest BCUT2D eigenvalue weighted by atomic mass is 10.3. The van der Waals surface area contributed by atoms with Gasteiger partial charge < -0.3 is 4.74 Å². The van der Waals surface area contributed by atoms with Crippen molar-refractivity contribution in [2.45, 2.75) is 32.9 Å². The Morgan fingerprint density at radius 2 is 2.40 bits per heavy atom. The van der Waals surface area contributed by atoms with E-state index >= 15 is 0 Å². The van der Waals surface area contributed by atoms with E-state index in [1.807, 2.05) is 6.92 Å². The molecule has 0 N–H and O–H groups in total. The predicted molar refractivity (Wildman–Crippen MR) is 77.2 cm³/mol. The summed E-state index contributed by atoms with van der Waals surface area (Å²) in [4.78, 5) is 19.6. The zero-order chi connectivity index (χ0) is 14.1. The Bertz CT molecular complexity index is 666. The van der Waals surface area contributed by atoms with Crippen LogP contribution in [0.5, 0.6) is 0 Å². The van der Waals surface area contributed by atoms with Gasteiger partial charge in [0, 0.05) is 25.7 Å². The molecule has 2 aromatic rings. The van der Waals surface area contributed by atoms with Gasteiger partial charge in [-0.1, -0.05) is 18.3 Å². The molecule has 108 valence electrons. The monoisotopic (exact) mass is 294 g/mol. The summed E-state index contributed by atoms with van der Waals surface area (Å²) >= 11 is 1.49. The van der Waals surface area contributed by atoms with Crippen LogP contribution in [-0.2, 0) is 17.7 Å². The van der Waals surface area contributed by atoms with Gasteiger partial charge in [-0.05, 0) is 13.3 Å². The van der Waals surface area contributed by atoms with Crippen molar-refractivity contribution in [3.05, 3.63) is 27.1 Å². The lowest BCUT2D eigenvalue weighted by molar-refractivity contribution is -0.0215. The fourth-order valence-corrected chi connectivity index (χ4v) is 3.24. The van der Waals surface area contributed by atoms with Crippen molar-refractivity contribution < 1.29 is 4.74 Å². The van der Waals surface area contributed by atoms with Gasteiger partial charge in [0.1, 0.15) is 5.01 Å². The van der Waals surface area contributed by atoms with Crippen molar-refractivity contribution in [2.24, 2.45) is 0 Å². The SMILES string of the molecule is CCc1nn2c(=O)cc(CN3CCOC(C)C3)nc2s1. The molecule has 7 heteroatoms. The molecule has 0 bridgehead atoms. The van der Waals surface area contributed by atoms with Gasteiger partial charge in [0.25, 0.3) is 5.56 Å². The molecule has 1 aliphatic rings. The summed E-state index contributed by atoms with van der Waals surface area (Å²) in [7, 11) is 0. The zero-order valence-electron chi connectivity index (χ0n) is 11.7. The van der Waals surface area contributed by atoms with E-state index in [-0.39, 0.29) is 11.7 Å². The third-order valence-electron chi connectivity index (χ3n) is 3.35. The van der Waals surface area contributed by atoms with Gasteiger partial charge in [-0.3, -0.25) is 9.69 Å². The molecule has 2 aromatic heterocycles. The van der Waals surface area contributed by atoms with Crippen molar-refractivity contribution in [3.8, 4) is 0 Å².